The molecule has 0 N–H and O–H groups in total. The van der Waals surface area contributed by atoms with E-state index >= 15 is 0 Å². The Morgan fingerprint density at radius 2 is 2.62 bits per heavy atom. The molecule has 1 heterocycles. The molecule has 0 saturated heterocycles. The standard InChI is InChI=1S/C6H11NS/c1-2-4-7-5-3-6-8-7/h3,5H,2,4,6H2,1H3. The van der Waals surface area contributed by atoms with Gasteiger partial charge in [-0.25, -0.2) is 0 Å². The summed E-state index contributed by atoms with van der Waals surface area (Å²) in [5, 5.41) is 0. The average Bonchev–Trinajstić information content (AvgIpc) is 2.19. The molecule has 0 atom stereocenters. The van der Waals surface area contributed by atoms with Crippen LogP contribution >= 0.6 is 11.9 Å². The second-order valence-corrected chi connectivity index (χ2v) is 2.88. The maximum atomic E-state index is 2.28. The summed E-state index contributed by atoms with van der Waals surface area (Å²) >= 11 is 1.89. The molecule has 0 aliphatic carbocycles. The lowest BCUT2D eigenvalue weighted by atomic mass is 10.5. The Balaban J connectivity index is 2.16. The molecule has 2 heteroatoms. The van der Waals surface area contributed by atoms with Gasteiger partial charge in [-0.15, -0.1) is 0 Å². The summed E-state index contributed by atoms with van der Waals surface area (Å²) in [5.74, 6) is 1.17. The quantitative estimate of drug-likeness (QED) is 0.524. The molecule has 46 valence electrons. The minimum Gasteiger partial charge on any atom is -0.323 e. The van der Waals surface area contributed by atoms with Gasteiger partial charge in [-0.05, 0) is 18.4 Å². The van der Waals surface area contributed by atoms with Crippen molar-refractivity contribution in [3.05, 3.63) is 12.3 Å². The second kappa shape index (κ2) is 3.02. The van der Waals surface area contributed by atoms with Gasteiger partial charge in [0.25, 0.3) is 0 Å². The van der Waals surface area contributed by atoms with Crippen molar-refractivity contribution in [2.75, 3.05) is 12.3 Å². The maximum Gasteiger partial charge on any atom is 0.0331 e. The fraction of sp³-hybridized carbons (Fsp3) is 0.667. The van der Waals surface area contributed by atoms with Crippen molar-refractivity contribution < 1.29 is 0 Å². The van der Waals surface area contributed by atoms with Crippen LogP contribution in [0, 0.1) is 0 Å². The molecule has 0 unspecified atom stereocenters. The summed E-state index contributed by atoms with van der Waals surface area (Å²) in [6, 6.07) is 0. The monoisotopic (exact) mass is 129 g/mol. The van der Waals surface area contributed by atoms with Crippen molar-refractivity contribution in [1.82, 2.24) is 4.31 Å². The fourth-order valence-corrected chi connectivity index (χ4v) is 1.55. The summed E-state index contributed by atoms with van der Waals surface area (Å²) in [6.45, 7) is 3.40. The zero-order valence-electron chi connectivity index (χ0n) is 5.13. The number of rotatable bonds is 2. The first-order chi connectivity index (χ1) is 3.93. The van der Waals surface area contributed by atoms with Crippen LogP contribution in [-0.4, -0.2) is 16.6 Å². The molecule has 0 bridgehead atoms. The van der Waals surface area contributed by atoms with Gasteiger partial charge < -0.3 is 4.31 Å². The van der Waals surface area contributed by atoms with Gasteiger partial charge in [0.05, 0.1) is 0 Å². The normalized spacial score (nSPS) is 17.9. The van der Waals surface area contributed by atoms with Crippen molar-refractivity contribution in [1.29, 1.82) is 0 Å². The molecule has 0 amide bonds. The van der Waals surface area contributed by atoms with E-state index in [1.54, 1.807) is 0 Å². The van der Waals surface area contributed by atoms with Crippen LogP contribution in [0.4, 0.5) is 0 Å². The van der Waals surface area contributed by atoms with Crippen LogP contribution in [-0.2, 0) is 0 Å². The predicted octanol–water partition coefficient (Wildman–Crippen LogP) is 1.87. The van der Waals surface area contributed by atoms with Crippen LogP contribution < -0.4 is 0 Å². The highest BCUT2D eigenvalue weighted by atomic mass is 32.2. The molecule has 1 rings (SSSR count). The Hall–Kier alpha value is -0.110. The van der Waals surface area contributed by atoms with E-state index < -0.39 is 0 Å². The Bertz CT molecular complexity index is 90.5. The highest BCUT2D eigenvalue weighted by Crippen LogP contribution is 2.16. The highest BCUT2D eigenvalue weighted by molar-refractivity contribution is 7.97. The van der Waals surface area contributed by atoms with E-state index in [0.29, 0.717) is 0 Å². The lowest BCUT2D eigenvalue weighted by Gasteiger charge is -2.10. The Kier molecular flexibility index (Phi) is 2.27. The summed E-state index contributed by atoms with van der Waals surface area (Å²) in [4.78, 5) is 0. The largest absolute Gasteiger partial charge is 0.323 e. The Morgan fingerprint density at radius 1 is 1.75 bits per heavy atom. The number of hydrogen-bond donors (Lipinski definition) is 0. The lowest BCUT2D eigenvalue weighted by molar-refractivity contribution is 0.615. The van der Waals surface area contributed by atoms with Gasteiger partial charge in [0.1, 0.15) is 0 Å². The third-order valence-electron chi connectivity index (χ3n) is 1.05. The SMILES string of the molecule is CCCN1C=CCS1. The van der Waals surface area contributed by atoms with Crippen LogP contribution in [0.1, 0.15) is 13.3 Å². The average molecular weight is 129 g/mol. The van der Waals surface area contributed by atoms with Crippen molar-refractivity contribution in [2.45, 2.75) is 13.3 Å². The molecule has 0 fully saturated rings. The topological polar surface area (TPSA) is 3.24 Å². The fourth-order valence-electron chi connectivity index (χ4n) is 0.702. The van der Waals surface area contributed by atoms with E-state index in [1.165, 1.54) is 18.7 Å². The van der Waals surface area contributed by atoms with Crippen LogP contribution in [0.3, 0.4) is 0 Å². The van der Waals surface area contributed by atoms with E-state index in [9.17, 15) is 0 Å². The van der Waals surface area contributed by atoms with Crippen LogP contribution in [0.25, 0.3) is 0 Å². The lowest BCUT2D eigenvalue weighted by Crippen LogP contribution is -2.04. The Labute approximate surface area is 54.9 Å². The van der Waals surface area contributed by atoms with Crippen molar-refractivity contribution in [2.24, 2.45) is 0 Å². The van der Waals surface area contributed by atoms with E-state index in [4.69, 9.17) is 0 Å². The van der Waals surface area contributed by atoms with Crippen molar-refractivity contribution in [3.63, 3.8) is 0 Å². The molecule has 0 aromatic rings. The van der Waals surface area contributed by atoms with Crippen molar-refractivity contribution in [3.8, 4) is 0 Å². The minimum atomic E-state index is 1.17. The third-order valence-corrected chi connectivity index (χ3v) is 2.03. The third kappa shape index (κ3) is 1.44. The van der Waals surface area contributed by atoms with Gasteiger partial charge in [0.15, 0.2) is 0 Å². The molecule has 0 aromatic heterocycles. The van der Waals surface area contributed by atoms with Gasteiger partial charge in [0, 0.05) is 18.5 Å². The molecule has 0 saturated carbocycles. The first-order valence-electron chi connectivity index (χ1n) is 2.99. The molecule has 0 spiro atoms. The minimum absolute atomic E-state index is 1.17. The molecule has 1 nitrogen and oxygen atoms in total. The van der Waals surface area contributed by atoms with Crippen LogP contribution in [0.15, 0.2) is 12.3 Å². The molecular formula is C6H11NS. The molecule has 0 radical (unpaired) electrons. The summed E-state index contributed by atoms with van der Waals surface area (Å²) in [6.07, 6.45) is 5.60. The van der Waals surface area contributed by atoms with E-state index in [1.807, 2.05) is 11.9 Å². The molecule has 8 heavy (non-hydrogen) atoms. The highest BCUT2D eigenvalue weighted by Gasteiger charge is 2.00. The van der Waals surface area contributed by atoms with E-state index in [0.717, 1.165) is 0 Å². The second-order valence-electron chi connectivity index (χ2n) is 1.82. The van der Waals surface area contributed by atoms with Crippen LogP contribution in [0.2, 0.25) is 0 Å². The molecule has 1 aliphatic rings. The zero-order valence-corrected chi connectivity index (χ0v) is 5.95. The molecule has 1 aliphatic heterocycles. The summed E-state index contributed by atoms with van der Waals surface area (Å²) in [5.41, 5.74) is 0. The van der Waals surface area contributed by atoms with Gasteiger partial charge in [-0.3, -0.25) is 0 Å². The maximum absolute atomic E-state index is 2.28. The van der Waals surface area contributed by atoms with Gasteiger partial charge in [0.2, 0.25) is 0 Å². The first-order valence-corrected chi connectivity index (χ1v) is 3.94. The van der Waals surface area contributed by atoms with E-state index in [-0.39, 0.29) is 0 Å². The van der Waals surface area contributed by atoms with E-state index in [2.05, 4.69) is 23.5 Å². The van der Waals surface area contributed by atoms with Crippen LogP contribution in [0.5, 0.6) is 0 Å². The van der Waals surface area contributed by atoms with Gasteiger partial charge >= 0.3 is 0 Å². The Morgan fingerprint density at radius 3 is 3.12 bits per heavy atom. The summed E-state index contributed by atoms with van der Waals surface area (Å²) < 4.78 is 2.28. The van der Waals surface area contributed by atoms with Gasteiger partial charge in [-0.1, -0.05) is 13.0 Å². The zero-order chi connectivity index (χ0) is 5.82. The first kappa shape index (κ1) is 6.02. The smallest absolute Gasteiger partial charge is 0.0331 e. The molecule has 0 aromatic carbocycles. The summed E-state index contributed by atoms with van der Waals surface area (Å²) in [7, 11) is 0. The van der Waals surface area contributed by atoms with Crippen molar-refractivity contribution >= 4 is 11.9 Å². The van der Waals surface area contributed by atoms with Gasteiger partial charge in [-0.2, -0.15) is 0 Å². The molecular weight excluding hydrogens is 118 g/mol. The predicted molar refractivity (Wildman–Crippen MR) is 38.6 cm³/mol. The number of nitrogens with zero attached hydrogens (tertiary/aromatic N) is 1. The number of hydrogen-bond acceptors (Lipinski definition) is 2.